The molecule has 2 aromatic carbocycles. The molecule has 2 aromatic rings. The van der Waals surface area contributed by atoms with Gasteiger partial charge in [-0.05, 0) is 62.2 Å². The predicted octanol–water partition coefficient (Wildman–Crippen LogP) is 3.16. The molecule has 0 saturated heterocycles. The predicted molar refractivity (Wildman–Crippen MR) is 145 cm³/mol. The Kier molecular flexibility index (Phi) is 8.66. The highest BCUT2D eigenvalue weighted by Crippen LogP contribution is 2.33. The van der Waals surface area contributed by atoms with Crippen molar-refractivity contribution in [1.29, 1.82) is 0 Å². The third kappa shape index (κ3) is 6.48. The minimum atomic E-state index is -3.83. The van der Waals surface area contributed by atoms with Crippen LogP contribution in [-0.2, 0) is 26.0 Å². The van der Waals surface area contributed by atoms with Crippen LogP contribution in [0.15, 0.2) is 47.4 Å². The van der Waals surface area contributed by atoms with Crippen LogP contribution < -0.4 is 10.1 Å². The van der Waals surface area contributed by atoms with Gasteiger partial charge in [0.05, 0.1) is 30.5 Å². The quantitative estimate of drug-likeness (QED) is 0.510. The number of nitrogens with zero attached hydrogens (tertiary/aromatic N) is 2. The van der Waals surface area contributed by atoms with Crippen LogP contribution in [0.5, 0.6) is 5.75 Å². The highest BCUT2D eigenvalue weighted by molar-refractivity contribution is 7.89. The van der Waals surface area contributed by atoms with Crippen molar-refractivity contribution in [2.45, 2.75) is 50.2 Å². The Bertz CT molecular complexity index is 1280. The van der Waals surface area contributed by atoms with Crippen LogP contribution in [0.1, 0.15) is 32.3 Å². The molecular formula is C27H34ClN3O6S. The molecule has 0 unspecified atom stereocenters. The molecule has 2 amide bonds. The lowest BCUT2D eigenvalue weighted by molar-refractivity contribution is -0.134. The molecule has 206 valence electrons. The second-order valence-corrected chi connectivity index (χ2v) is 12.7. The molecule has 38 heavy (non-hydrogen) atoms. The van der Waals surface area contributed by atoms with E-state index in [9.17, 15) is 23.1 Å². The number of rotatable bonds is 8. The fraction of sp³-hybridized carbons (Fsp3) is 0.481. The number of carbonyl (C=O) groups is 2. The maximum Gasteiger partial charge on any atom is 0.242 e. The van der Waals surface area contributed by atoms with Crippen LogP contribution in [0.3, 0.4) is 0 Å². The molecule has 2 aliphatic rings. The van der Waals surface area contributed by atoms with Gasteiger partial charge in [-0.3, -0.25) is 9.59 Å². The van der Waals surface area contributed by atoms with Crippen molar-refractivity contribution in [3.63, 3.8) is 0 Å². The van der Waals surface area contributed by atoms with Gasteiger partial charge in [0.1, 0.15) is 11.9 Å². The number of halogens is 1. The van der Waals surface area contributed by atoms with E-state index in [0.29, 0.717) is 22.0 Å². The summed E-state index contributed by atoms with van der Waals surface area (Å²) in [6.45, 7) is 3.76. The Morgan fingerprint density at radius 3 is 2.55 bits per heavy atom. The Morgan fingerprint density at radius 1 is 1.24 bits per heavy atom. The number of aliphatic hydroxyl groups is 1. The van der Waals surface area contributed by atoms with E-state index in [1.807, 2.05) is 6.92 Å². The molecule has 4 rings (SSSR count). The topological polar surface area (TPSA) is 116 Å². The van der Waals surface area contributed by atoms with E-state index in [4.69, 9.17) is 16.3 Å². The van der Waals surface area contributed by atoms with E-state index in [-0.39, 0.29) is 54.7 Å². The zero-order valence-corrected chi connectivity index (χ0v) is 23.3. The maximum atomic E-state index is 13.3. The smallest absolute Gasteiger partial charge is 0.242 e. The number of benzene rings is 2. The summed E-state index contributed by atoms with van der Waals surface area (Å²) in [5, 5.41) is 13.2. The normalized spacial score (nSPS) is 21.1. The summed E-state index contributed by atoms with van der Waals surface area (Å²) in [7, 11) is -2.34. The highest BCUT2D eigenvalue weighted by Gasteiger charge is 2.34. The SMILES string of the molecule is C[C@@H]1CN([C@H](C)CO)C(=O)Cc2cc(NC(=O)C3CC3)ccc2O[C@H]1CN(C)S(=O)(=O)c1ccc(Cl)cc1. The van der Waals surface area contributed by atoms with Crippen LogP contribution in [-0.4, -0.2) is 73.4 Å². The zero-order valence-electron chi connectivity index (χ0n) is 21.8. The summed E-state index contributed by atoms with van der Waals surface area (Å²) in [5.74, 6) is -0.0122. The summed E-state index contributed by atoms with van der Waals surface area (Å²) >= 11 is 5.93. The minimum absolute atomic E-state index is 0.0190. The van der Waals surface area contributed by atoms with Gasteiger partial charge in [-0.2, -0.15) is 4.31 Å². The van der Waals surface area contributed by atoms with Crippen LogP contribution in [0.4, 0.5) is 5.69 Å². The lowest BCUT2D eigenvalue weighted by atomic mass is 10.0. The van der Waals surface area contributed by atoms with Crippen molar-refractivity contribution >= 4 is 39.1 Å². The Hall–Kier alpha value is -2.66. The standard InChI is InChI=1S/C27H34ClN3O6S/c1-17-14-31(18(2)16-32)26(33)13-20-12-22(29-27(34)19-4-5-19)8-11-24(20)37-25(17)15-30(3)38(35,36)23-9-6-21(28)7-10-23/h6-12,17-19,25,32H,4-5,13-16H2,1-3H3,(H,29,34)/t17-,18-,25+/m1/s1. The average molecular weight is 564 g/mol. The molecule has 3 atom stereocenters. The molecule has 1 saturated carbocycles. The Morgan fingerprint density at radius 2 is 1.92 bits per heavy atom. The molecule has 0 bridgehead atoms. The third-order valence-corrected chi connectivity index (χ3v) is 9.18. The van der Waals surface area contributed by atoms with Crippen LogP contribution >= 0.6 is 11.6 Å². The number of ether oxygens (including phenoxy) is 1. The Labute approximate surface area is 228 Å². The molecule has 0 spiro atoms. The van der Waals surface area contributed by atoms with E-state index in [2.05, 4.69) is 5.32 Å². The van der Waals surface area contributed by atoms with Crippen molar-refractivity contribution in [2.24, 2.45) is 11.8 Å². The van der Waals surface area contributed by atoms with Crippen molar-refractivity contribution in [3.8, 4) is 5.75 Å². The molecule has 1 heterocycles. The zero-order chi connectivity index (χ0) is 27.6. The molecule has 0 radical (unpaired) electrons. The van der Waals surface area contributed by atoms with Gasteiger partial charge in [-0.15, -0.1) is 0 Å². The number of likely N-dealkylation sites (N-methyl/N-ethyl adjacent to an activating group) is 1. The number of hydrogen-bond donors (Lipinski definition) is 2. The fourth-order valence-electron chi connectivity index (χ4n) is 4.45. The van der Waals surface area contributed by atoms with E-state index in [1.165, 1.54) is 35.6 Å². The van der Waals surface area contributed by atoms with Gasteiger partial charge in [0, 0.05) is 41.7 Å². The largest absolute Gasteiger partial charge is 0.488 e. The van der Waals surface area contributed by atoms with Gasteiger partial charge in [-0.25, -0.2) is 8.42 Å². The van der Waals surface area contributed by atoms with Crippen LogP contribution in [0, 0.1) is 11.8 Å². The molecule has 9 nitrogen and oxygen atoms in total. The van der Waals surface area contributed by atoms with Gasteiger partial charge in [0.15, 0.2) is 0 Å². The van der Waals surface area contributed by atoms with Gasteiger partial charge >= 0.3 is 0 Å². The van der Waals surface area contributed by atoms with Crippen molar-refractivity contribution in [2.75, 3.05) is 32.1 Å². The maximum absolute atomic E-state index is 13.3. The summed E-state index contributed by atoms with van der Waals surface area (Å²) in [6.07, 6.45) is 1.16. The highest BCUT2D eigenvalue weighted by atomic mass is 35.5. The van der Waals surface area contributed by atoms with Gasteiger partial charge < -0.3 is 20.1 Å². The van der Waals surface area contributed by atoms with E-state index >= 15 is 0 Å². The average Bonchev–Trinajstić information content (AvgIpc) is 3.72. The number of fused-ring (bicyclic) bond motifs is 1. The number of carbonyl (C=O) groups excluding carboxylic acids is 2. The Balaban J connectivity index is 1.64. The molecule has 11 heteroatoms. The van der Waals surface area contributed by atoms with Crippen molar-refractivity contribution in [1.82, 2.24) is 9.21 Å². The molecule has 0 aromatic heterocycles. The molecular weight excluding hydrogens is 530 g/mol. The third-order valence-electron chi connectivity index (χ3n) is 7.09. The van der Waals surface area contributed by atoms with Crippen molar-refractivity contribution in [3.05, 3.63) is 53.1 Å². The van der Waals surface area contributed by atoms with E-state index in [0.717, 1.165) is 12.8 Å². The monoisotopic (exact) mass is 563 g/mol. The summed E-state index contributed by atoms with van der Waals surface area (Å²) in [4.78, 5) is 27.4. The van der Waals surface area contributed by atoms with E-state index in [1.54, 1.807) is 30.0 Å². The molecule has 1 aliphatic heterocycles. The number of amides is 2. The van der Waals surface area contributed by atoms with Crippen LogP contribution in [0.2, 0.25) is 5.02 Å². The first kappa shape index (κ1) is 28.4. The van der Waals surface area contributed by atoms with Gasteiger partial charge in [-0.1, -0.05) is 18.5 Å². The number of sulfonamides is 1. The first-order valence-electron chi connectivity index (χ1n) is 12.7. The van der Waals surface area contributed by atoms with Crippen LogP contribution in [0.25, 0.3) is 0 Å². The number of anilines is 1. The van der Waals surface area contributed by atoms with Gasteiger partial charge in [0.25, 0.3) is 0 Å². The fourth-order valence-corrected chi connectivity index (χ4v) is 5.76. The molecule has 2 N–H and O–H groups in total. The number of nitrogens with one attached hydrogen (secondary N) is 1. The van der Waals surface area contributed by atoms with Crippen molar-refractivity contribution < 1.29 is 27.9 Å². The van der Waals surface area contributed by atoms with E-state index < -0.39 is 22.2 Å². The number of aliphatic hydroxyl groups excluding tert-OH is 1. The summed E-state index contributed by atoms with van der Waals surface area (Å²) < 4.78 is 34.2. The molecule has 1 fully saturated rings. The minimum Gasteiger partial charge on any atom is -0.488 e. The van der Waals surface area contributed by atoms with Gasteiger partial charge in [0.2, 0.25) is 21.8 Å². The lowest BCUT2D eigenvalue weighted by Crippen LogP contribution is -2.48. The summed E-state index contributed by atoms with van der Waals surface area (Å²) in [6, 6.07) is 10.7. The number of hydrogen-bond acceptors (Lipinski definition) is 6. The second kappa shape index (κ2) is 11.6. The lowest BCUT2D eigenvalue weighted by Gasteiger charge is -2.33. The second-order valence-electron chi connectivity index (χ2n) is 10.2. The first-order valence-corrected chi connectivity index (χ1v) is 14.5. The molecule has 1 aliphatic carbocycles. The first-order chi connectivity index (χ1) is 18.0. The summed E-state index contributed by atoms with van der Waals surface area (Å²) in [5.41, 5.74) is 1.16.